The van der Waals surface area contributed by atoms with Gasteiger partial charge in [-0.3, -0.25) is 19.8 Å². The van der Waals surface area contributed by atoms with Gasteiger partial charge in [0.25, 0.3) is 5.69 Å². The zero-order chi connectivity index (χ0) is 21.5. The van der Waals surface area contributed by atoms with Crippen molar-refractivity contribution in [1.82, 2.24) is 4.90 Å². The Labute approximate surface area is 178 Å². The second kappa shape index (κ2) is 10.7. The molecule has 0 bridgehead atoms. The van der Waals surface area contributed by atoms with Crippen LogP contribution in [0.4, 0.5) is 11.4 Å². The number of aryl methyl sites for hydroxylation is 1. The van der Waals surface area contributed by atoms with Crippen molar-refractivity contribution in [3.05, 3.63) is 33.9 Å². The van der Waals surface area contributed by atoms with Crippen LogP contribution in [0.5, 0.6) is 0 Å². The Balaban J connectivity index is 1.37. The second-order valence-electron chi connectivity index (χ2n) is 8.27. The van der Waals surface area contributed by atoms with Gasteiger partial charge in [-0.05, 0) is 57.1 Å². The average molecular weight is 420 g/mol. The number of non-ortho nitro benzene ring substituents is 1. The highest BCUT2D eigenvalue weighted by atomic mass is 16.6. The summed E-state index contributed by atoms with van der Waals surface area (Å²) in [6, 6.07) is 5.11. The van der Waals surface area contributed by atoms with Crippen molar-refractivity contribution in [3.8, 4) is 0 Å². The minimum atomic E-state index is -0.346. The molecule has 2 aliphatic rings. The van der Waals surface area contributed by atoms with E-state index in [9.17, 15) is 14.9 Å². The Morgan fingerprint density at radius 3 is 2.47 bits per heavy atom. The monoisotopic (exact) mass is 419 g/mol. The highest BCUT2D eigenvalue weighted by molar-refractivity contribution is 5.71. The van der Waals surface area contributed by atoms with Gasteiger partial charge in [-0.2, -0.15) is 0 Å². The fourth-order valence-electron chi connectivity index (χ4n) is 4.34. The fraction of sp³-hybridized carbons (Fsp3) is 0.682. The van der Waals surface area contributed by atoms with E-state index in [0.29, 0.717) is 19.1 Å². The van der Waals surface area contributed by atoms with Crippen LogP contribution < -0.4 is 4.90 Å². The quantitative estimate of drug-likeness (QED) is 0.363. The molecule has 0 unspecified atom stereocenters. The summed E-state index contributed by atoms with van der Waals surface area (Å²) in [5, 5.41) is 10.9. The third-order valence-electron chi connectivity index (χ3n) is 6.11. The SMILES string of the molecule is CCOC(=O)CN1CCC(OCC2CCN(c3ccc([N+](=O)[O-])cc3C)CC2)CC1. The molecule has 0 N–H and O–H groups in total. The lowest BCUT2D eigenvalue weighted by Gasteiger charge is -2.36. The van der Waals surface area contributed by atoms with E-state index in [4.69, 9.17) is 9.47 Å². The van der Waals surface area contributed by atoms with E-state index in [1.54, 1.807) is 12.1 Å². The number of carbonyl (C=O) groups excluding carboxylic acids is 1. The smallest absolute Gasteiger partial charge is 0.320 e. The molecule has 1 aromatic rings. The van der Waals surface area contributed by atoms with Crippen molar-refractivity contribution < 1.29 is 19.2 Å². The Kier molecular flexibility index (Phi) is 8.04. The molecule has 2 heterocycles. The summed E-state index contributed by atoms with van der Waals surface area (Å²) in [7, 11) is 0. The summed E-state index contributed by atoms with van der Waals surface area (Å²) in [6.45, 7) is 9.01. The maximum atomic E-state index is 11.6. The first-order valence-electron chi connectivity index (χ1n) is 11.0. The number of nitro benzene ring substituents is 1. The van der Waals surface area contributed by atoms with Crippen LogP contribution in [-0.2, 0) is 14.3 Å². The summed E-state index contributed by atoms with van der Waals surface area (Å²) in [5.74, 6) is 0.407. The molecule has 1 aromatic carbocycles. The van der Waals surface area contributed by atoms with Crippen LogP contribution in [0.3, 0.4) is 0 Å². The molecule has 0 spiro atoms. The van der Waals surface area contributed by atoms with Crippen LogP contribution in [0.2, 0.25) is 0 Å². The van der Waals surface area contributed by atoms with Crippen LogP contribution in [-0.4, -0.2) is 67.8 Å². The molecule has 2 fully saturated rings. The zero-order valence-corrected chi connectivity index (χ0v) is 18.0. The van der Waals surface area contributed by atoms with E-state index < -0.39 is 0 Å². The maximum Gasteiger partial charge on any atom is 0.320 e. The van der Waals surface area contributed by atoms with Crippen molar-refractivity contribution in [1.29, 1.82) is 0 Å². The summed E-state index contributed by atoms with van der Waals surface area (Å²) < 4.78 is 11.2. The van der Waals surface area contributed by atoms with Crippen LogP contribution >= 0.6 is 0 Å². The summed E-state index contributed by atoms with van der Waals surface area (Å²) in [5.41, 5.74) is 2.19. The first kappa shape index (κ1) is 22.5. The molecular formula is C22H33N3O5. The highest BCUT2D eigenvalue weighted by Gasteiger charge is 2.25. The Bertz CT molecular complexity index is 725. The molecule has 0 saturated carbocycles. The normalized spacial score (nSPS) is 19.1. The third-order valence-corrected chi connectivity index (χ3v) is 6.11. The van der Waals surface area contributed by atoms with E-state index in [1.165, 1.54) is 0 Å². The molecule has 0 aromatic heterocycles. The highest BCUT2D eigenvalue weighted by Crippen LogP contribution is 2.29. The first-order chi connectivity index (χ1) is 14.5. The molecule has 0 aliphatic carbocycles. The number of rotatable bonds is 8. The van der Waals surface area contributed by atoms with Crippen LogP contribution in [0.15, 0.2) is 18.2 Å². The van der Waals surface area contributed by atoms with Crippen molar-refractivity contribution >= 4 is 17.3 Å². The lowest BCUT2D eigenvalue weighted by Crippen LogP contribution is -2.41. The number of nitrogens with zero attached hydrogens (tertiary/aromatic N) is 3. The Morgan fingerprint density at radius 1 is 1.17 bits per heavy atom. The van der Waals surface area contributed by atoms with Gasteiger partial charge in [0.15, 0.2) is 0 Å². The molecule has 30 heavy (non-hydrogen) atoms. The number of hydrogen-bond donors (Lipinski definition) is 0. The van der Waals surface area contributed by atoms with Crippen molar-refractivity contribution in [2.75, 3.05) is 50.8 Å². The first-order valence-corrected chi connectivity index (χ1v) is 11.0. The predicted molar refractivity (Wildman–Crippen MR) is 115 cm³/mol. The number of benzene rings is 1. The number of likely N-dealkylation sites (tertiary alicyclic amines) is 1. The van der Waals surface area contributed by atoms with E-state index >= 15 is 0 Å². The zero-order valence-electron chi connectivity index (χ0n) is 18.0. The van der Waals surface area contributed by atoms with Crippen molar-refractivity contribution in [3.63, 3.8) is 0 Å². The molecule has 0 atom stereocenters. The molecule has 0 radical (unpaired) electrons. The Hall–Kier alpha value is -2.19. The van der Waals surface area contributed by atoms with Crippen LogP contribution in [0.25, 0.3) is 0 Å². The van der Waals surface area contributed by atoms with Crippen LogP contribution in [0.1, 0.15) is 38.2 Å². The Morgan fingerprint density at radius 2 is 1.87 bits per heavy atom. The summed E-state index contributed by atoms with van der Waals surface area (Å²) in [6.07, 6.45) is 4.33. The standard InChI is InChI=1S/C22H33N3O5/c1-3-29-22(26)15-23-10-8-20(9-11-23)30-16-18-6-12-24(13-7-18)21-5-4-19(25(27)28)14-17(21)2/h4-5,14,18,20H,3,6-13,15-16H2,1-2H3. The van der Waals surface area contributed by atoms with E-state index in [1.807, 2.05) is 19.9 Å². The van der Waals surface area contributed by atoms with Gasteiger partial charge in [-0.15, -0.1) is 0 Å². The van der Waals surface area contributed by atoms with Gasteiger partial charge in [0.2, 0.25) is 0 Å². The lowest BCUT2D eigenvalue weighted by molar-refractivity contribution is -0.384. The summed E-state index contributed by atoms with van der Waals surface area (Å²) in [4.78, 5) is 26.6. The third kappa shape index (κ3) is 6.15. The molecule has 0 amide bonds. The number of ether oxygens (including phenoxy) is 2. The molecule has 3 rings (SSSR count). The van der Waals surface area contributed by atoms with Gasteiger partial charge in [0.05, 0.1) is 24.2 Å². The number of nitro groups is 1. The van der Waals surface area contributed by atoms with Gasteiger partial charge in [0.1, 0.15) is 0 Å². The minimum absolute atomic E-state index is 0.146. The molecular weight excluding hydrogens is 386 g/mol. The van der Waals surface area contributed by atoms with Gasteiger partial charge >= 0.3 is 5.97 Å². The van der Waals surface area contributed by atoms with E-state index in [-0.39, 0.29) is 22.7 Å². The number of carbonyl (C=O) groups is 1. The fourth-order valence-corrected chi connectivity index (χ4v) is 4.34. The maximum absolute atomic E-state index is 11.6. The molecule has 166 valence electrons. The largest absolute Gasteiger partial charge is 0.465 e. The van der Waals surface area contributed by atoms with E-state index in [0.717, 1.165) is 69.7 Å². The molecule has 2 aliphatic heterocycles. The number of hydrogen-bond acceptors (Lipinski definition) is 7. The van der Waals surface area contributed by atoms with Crippen molar-refractivity contribution in [2.24, 2.45) is 5.92 Å². The van der Waals surface area contributed by atoms with Gasteiger partial charge in [0, 0.05) is 50.6 Å². The van der Waals surface area contributed by atoms with Gasteiger partial charge < -0.3 is 14.4 Å². The van der Waals surface area contributed by atoms with Gasteiger partial charge in [-0.1, -0.05) is 0 Å². The molecule has 8 nitrogen and oxygen atoms in total. The molecule has 8 heteroatoms. The van der Waals surface area contributed by atoms with E-state index in [2.05, 4.69) is 9.80 Å². The lowest BCUT2D eigenvalue weighted by atomic mass is 9.96. The number of piperidine rings is 2. The van der Waals surface area contributed by atoms with Crippen LogP contribution in [0, 0.1) is 23.0 Å². The van der Waals surface area contributed by atoms with Crippen molar-refractivity contribution in [2.45, 2.75) is 45.6 Å². The predicted octanol–water partition coefficient (Wildman–Crippen LogP) is 3.16. The summed E-state index contributed by atoms with van der Waals surface area (Å²) >= 11 is 0. The number of esters is 1. The second-order valence-corrected chi connectivity index (χ2v) is 8.27. The number of anilines is 1. The average Bonchev–Trinajstić information content (AvgIpc) is 2.74. The molecule has 2 saturated heterocycles. The van der Waals surface area contributed by atoms with Gasteiger partial charge in [-0.25, -0.2) is 0 Å². The minimum Gasteiger partial charge on any atom is -0.465 e. The topological polar surface area (TPSA) is 85.1 Å².